The predicted molar refractivity (Wildman–Crippen MR) is 194 cm³/mol. The molecule has 10 heteroatoms. The lowest BCUT2D eigenvalue weighted by atomic mass is 9.99. The Hall–Kier alpha value is -4.67. The van der Waals surface area contributed by atoms with Crippen molar-refractivity contribution in [2.24, 2.45) is 0 Å². The second-order valence-electron chi connectivity index (χ2n) is 14.3. The van der Waals surface area contributed by atoms with Gasteiger partial charge in [0, 0.05) is 73.4 Å². The van der Waals surface area contributed by atoms with Gasteiger partial charge in [0.15, 0.2) is 5.65 Å². The number of benzene rings is 3. The summed E-state index contributed by atoms with van der Waals surface area (Å²) in [5.74, 6) is 0. The number of ether oxygens (including phenoxy) is 1. The molecule has 7 rings (SSSR count). The highest BCUT2D eigenvalue weighted by Crippen LogP contribution is 2.37. The Labute approximate surface area is 288 Å². The Morgan fingerprint density at radius 3 is 2.41 bits per heavy atom. The molecule has 2 aliphatic rings. The molecule has 1 amide bonds. The van der Waals surface area contributed by atoms with E-state index in [-0.39, 0.29) is 17.0 Å². The van der Waals surface area contributed by atoms with E-state index in [4.69, 9.17) is 9.72 Å². The molecular weight excluding hydrogens is 635 g/mol. The number of carbonyl (C=O) groups excluding carboxylic acids is 1. The van der Waals surface area contributed by atoms with Crippen molar-refractivity contribution in [1.29, 1.82) is 0 Å². The van der Waals surface area contributed by atoms with E-state index in [2.05, 4.69) is 59.6 Å². The molecule has 0 aliphatic carbocycles. The second-order valence-corrected chi connectivity index (χ2v) is 16.1. The molecule has 1 fully saturated rings. The standard InChI is InChI=1S/C39H43N5O4S/c1-26-6-13-33(14-7-26)49(46,47)44-25-35(30-12-15-36-31(20-30)16-17-40-36)34-21-32(22-41-37(34)44)29-10-8-28(9-11-29)24-42-18-19-43(27(2)23-42)38(45)48-39(3,4)5/h6-15,20-22,25,27,40H,16-19,23-24H2,1-5H3. The molecular formula is C39H43N5O4S. The van der Waals surface area contributed by atoms with Gasteiger partial charge in [-0.3, -0.25) is 4.90 Å². The van der Waals surface area contributed by atoms with Crippen LogP contribution < -0.4 is 5.32 Å². The van der Waals surface area contributed by atoms with Crippen LogP contribution >= 0.6 is 0 Å². The zero-order chi connectivity index (χ0) is 34.5. The largest absolute Gasteiger partial charge is 0.444 e. The van der Waals surface area contributed by atoms with Crippen molar-refractivity contribution >= 4 is 32.8 Å². The topological polar surface area (TPSA) is 96.8 Å². The molecule has 3 aromatic carbocycles. The van der Waals surface area contributed by atoms with Crippen molar-refractivity contribution in [1.82, 2.24) is 18.8 Å². The zero-order valence-electron chi connectivity index (χ0n) is 28.7. The number of aromatic nitrogens is 2. The minimum Gasteiger partial charge on any atom is -0.444 e. The molecule has 5 aromatic rings. The van der Waals surface area contributed by atoms with Crippen LogP contribution in [0.25, 0.3) is 33.3 Å². The molecule has 1 N–H and O–H groups in total. The van der Waals surface area contributed by atoms with Crippen molar-refractivity contribution in [2.45, 2.75) is 64.1 Å². The van der Waals surface area contributed by atoms with E-state index in [0.29, 0.717) is 12.2 Å². The molecule has 0 bridgehead atoms. The maximum atomic E-state index is 14.0. The Balaban J connectivity index is 1.17. The molecule has 0 spiro atoms. The van der Waals surface area contributed by atoms with E-state index in [0.717, 1.165) is 71.5 Å². The van der Waals surface area contributed by atoms with Crippen molar-refractivity contribution in [2.75, 3.05) is 31.5 Å². The molecule has 4 heterocycles. The second kappa shape index (κ2) is 12.7. The summed E-state index contributed by atoms with van der Waals surface area (Å²) in [5, 5.41) is 4.19. The smallest absolute Gasteiger partial charge is 0.410 e. The number of aryl methyl sites for hydroxylation is 1. The first kappa shape index (κ1) is 32.9. The average Bonchev–Trinajstić information content (AvgIpc) is 3.69. The zero-order valence-corrected chi connectivity index (χ0v) is 29.5. The van der Waals surface area contributed by atoms with E-state index in [1.165, 1.54) is 15.1 Å². The van der Waals surface area contributed by atoms with Crippen LogP contribution in [0.3, 0.4) is 0 Å². The van der Waals surface area contributed by atoms with Crippen LogP contribution in [0.15, 0.2) is 90.1 Å². The van der Waals surface area contributed by atoms with Crippen molar-refractivity contribution < 1.29 is 17.9 Å². The number of pyridine rings is 1. The van der Waals surface area contributed by atoms with E-state index >= 15 is 0 Å². The molecule has 0 saturated carbocycles. The molecule has 9 nitrogen and oxygen atoms in total. The van der Waals surface area contributed by atoms with Crippen molar-refractivity contribution in [3.8, 4) is 22.3 Å². The lowest BCUT2D eigenvalue weighted by Gasteiger charge is -2.40. The molecule has 1 unspecified atom stereocenters. The number of piperazine rings is 1. The SMILES string of the molecule is Cc1ccc(S(=O)(=O)n2cc(-c3ccc4c(c3)CCN4)c3cc(-c4ccc(CN5CCN(C(=O)OC(C)(C)C)C(C)C5)cc4)cnc32)cc1. The van der Waals surface area contributed by atoms with Gasteiger partial charge < -0.3 is 15.0 Å². The summed E-state index contributed by atoms with van der Waals surface area (Å²) in [6.07, 6.45) is 4.14. The Morgan fingerprint density at radius 1 is 0.959 bits per heavy atom. The fourth-order valence-corrected chi connectivity index (χ4v) is 8.10. The third-order valence-corrected chi connectivity index (χ3v) is 11.0. The maximum Gasteiger partial charge on any atom is 0.410 e. The molecule has 0 radical (unpaired) electrons. The highest BCUT2D eigenvalue weighted by Gasteiger charge is 2.31. The molecule has 254 valence electrons. The van der Waals surface area contributed by atoms with Crippen molar-refractivity contribution in [3.05, 3.63) is 102 Å². The van der Waals surface area contributed by atoms with Gasteiger partial charge in [0.25, 0.3) is 10.0 Å². The average molecular weight is 678 g/mol. The van der Waals surface area contributed by atoms with E-state index in [9.17, 15) is 13.2 Å². The van der Waals surface area contributed by atoms with Crippen LogP contribution in [0.2, 0.25) is 0 Å². The van der Waals surface area contributed by atoms with Crippen molar-refractivity contribution in [3.63, 3.8) is 0 Å². The summed E-state index contributed by atoms with van der Waals surface area (Å²) in [6.45, 7) is 13.5. The van der Waals surface area contributed by atoms with E-state index in [1.54, 1.807) is 24.5 Å². The van der Waals surface area contributed by atoms with Gasteiger partial charge in [0.05, 0.1) is 4.90 Å². The third kappa shape index (κ3) is 6.67. The van der Waals surface area contributed by atoms with Gasteiger partial charge in [0.2, 0.25) is 0 Å². The van der Waals surface area contributed by atoms with Crippen LogP contribution in [-0.2, 0) is 27.7 Å². The molecule has 49 heavy (non-hydrogen) atoms. The first-order valence-electron chi connectivity index (χ1n) is 16.9. The van der Waals surface area contributed by atoms with Gasteiger partial charge in [-0.15, -0.1) is 0 Å². The maximum absolute atomic E-state index is 14.0. The number of hydrogen-bond acceptors (Lipinski definition) is 7. The number of hydrogen-bond donors (Lipinski definition) is 1. The van der Waals surface area contributed by atoms with Gasteiger partial charge in [-0.05, 0) is 93.6 Å². The molecule has 2 aliphatic heterocycles. The summed E-state index contributed by atoms with van der Waals surface area (Å²) >= 11 is 0. The monoisotopic (exact) mass is 677 g/mol. The fourth-order valence-electron chi connectivity index (χ4n) is 6.78. The van der Waals surface area contributed by atoms with Crippen LogP contribution in [-0.4, -0.2) is 71.1 Å². The van der Waals surface area contributed by atoms with Gasteiger partial charge >= 0.3 is 6.09 Å². The van der Waals surface area contributed by atoms with Gasteiger partial charge in [-0.25, -0.2) is 22.2 Å². The van der Waals surface area contributed by atoms with Gasteiger partial charge in [-0.1, -0.05) is 48.0 Å². The Kier molecular flexibility index (Phi) is 8.49. The van der Waals surface area contributed by atoms with Crippen LogP contribution in [0.1, 0.15) is 44.4 Å². The highest BCUT2D eigenvalue weighted by atomic mass is 32.2. The van der Waals surface area contributed by atoms with Crippen LogP contribution in [0.5, 0.6) is 0 Å². The number of nitrogens with one attached hydrogen (secondary N) is 1. The number of nitrogens with zero attached hydrogens (tertiary/aromatic N) is 4. The summed E-state index contributed by atoms with van der Waals surface area (Å²) in [5.41, 5.74) is 8.10. The number of amides is 1. The van der Waals surface area contributed by atoms with E-state index in [1.807, 2.05) is 50.8 Å². The summed E-state index contributed by atoms with van der Waals surface area (Å²) in [6, 6.07) is 23.8. The Bertz CT molecular complexity index is 2130. The lowest BCUT2D eigenvalue weighted by molar-refractivity contribution is 0.000556. The quantitative estimate of drug-likeness (QED) is 0.201. The highest BCUT2D eigenvalue weighted by molar-refractivity contribution is 7.90. The Morgan fingerprint density at radius 2 is 1.69 bits per heavy atom. The summed E-state index contributed by atoms with van der Waals surface area (Å²) < 4.78 is 34.8. The van der Waals surface area contributed by atoms with Gasteiger partial charge in [-0.2, -0.15) is 0 Å². The normalized spacial score (nSPS) is 16.8. The minimum atomic E-state index is -3.89. The van der Waals surface area contributed by atoms with E-state index < -0.39 is 15.6 Å². The number of anilines is 1. The predicted octanol–water partition coefficient (Wildman–Crippen LogP) is 7.32. The number of carbonyl (C=O) groups is 1. The molecule has 1 saturated heterocycles. The summed E-state index contributed by atoms with van der Waals surface area (Å²) in [7, 11) is -3.89. The summed E-state index contributed by atoms with van der Waals surface area (Å²) in [4.78, 5) is 21.8. The van der Waals surface area contributed by atoms with Crippen LogP contribution in [0, 0.1) is 6.92 Å². The first-order valence-corrected chi connectivity index (χ1v) is 18.3. The lowest BCUT2D eigenvalue weighted by Crippen LogP contribution is -2.54. The van der Waals surface area contributed by atoms with Gasteiger partial charge in [0.1, 0.15) is 5.60 Å². The third-order valence-electron chi connectivity index (χ3n) is 9.35. The number of fused-ring (bicyclic) bond motifs is 2. The molecule has 1 atom stereocenters. The minimum absolute atomic E-state index is 0.0546. The first-order chi connectivity index (χ1) is 23.4. The number of rotatable bonds is 6. The van der Waals surface area contributed by atoms with Crippen LogP contribution in [0.4, 0.5) is 10.5 Å². The fraction of sp³-hybridized carbons (Fsp3) is 0.333. The molecule has 2 aromatic heterocycles.